The van der Waals surface area contributed by atoms with Gasteiger partial charge in [0.25, 0.3) is 0 Å². The molecule has 0 heterocycles. The Morgan fingerprint density at radius 1 is 1.46 bits per heavy atom. The lowest BCUT2D eigenvalue weighted by atomic mass is 10.3. The SMILES string of the molecule is COCC[C@H](C)N[S@@+]([O-])C(C)(C)C. The standard InChI is InChI=1S/C9H21NO2S/c1-8(6-7-12-5)10-13(11)9(2,3)4/h8,10H,6-7H2,1-5H3/t8-,13-/m0/s1. The largest absolute Gasteiger partial charge is 0.598 e. The molecule has 0 radical (unpaired) electrons. The quantitative estimate of drug-likeness (QED) is 0.694. The molecule has 4 heteroatoms. The maximum absolute atomic E-state index is 11.6. The first-order valence-corrected chi connectivity index (χ1v) is 5.70. The van der Waals surface area contributed by atoms with Gasteiger partial charge in [-0.15, -0.1) is 4.72 Å². The van der Waals surface area contributed by atoms with E-state index in [1.54, 1.807) is 7.11 Å². The summed E-state index contributed by atoms with van der Waals surface area (Å²) < 4.78 is 19.4. The van der Waals surface area contributed by atoms with Crippen LogP contribution in [0.2, 0.25) is 0 Å². The molecule has 0 saturated heterocycles. The highest BCUT2D eigenvalue weighted by Gasteiger charge is 2.27. The maximum Gasteiger partial charge on any atom is 0.136 e. The summed E-state index contributed by atoms with van der Waals surface area (Å²) in [6.45, 7) is 8.59. The topological polar surface area (TPSA) is 44.3 Å². The Morgan fingerprint density at radius 2 is 2.00 bits per heavy atom. The van der Waals surface area contributed by atoms with E-state index in [-0.39, 0.29) is 10.8 Å². The summed E-state index contributed by atoms with van der Waals surface area (Å²) in [7, 11) is 1.67. The van der Waals surface area contributed by atoms with Crippen LogP contribution in [0.3, 0.4) is 0 Å². The third-order valence-electron chi connectivity index (χ3n) is 1.62. The minimum absolute atomic E-state index is 0.193. The first kappa shape index (κ1) is 13.2. The van der Waals surface area contributed by atoms with E-state index >= 15 is 0 Å². The van der Waals surface area contributed by atoms with Crippen LogP contribution in [-0.4, -0.2) is 29.1 Å². The summed E-state index contributed by atoms with van der Waals surface area (Å²) in [5.74, 6) is 0. The Bertz CT molecular complexity index is 136. The Labute approximate surface area is 84.6 Å². The fraction of sp³-hybridized carbons (Fsp3) is 1.00. The number of rotatable bonds is 5. The first-order valence-electron chi connectivity index (χ1n) is 4.55. The number of hydrogen-bond acceptors (Lipinski definition) is 3. The van der Waals surface area contributed by atoms with Crippen molar-refractivity contribution >= 4 is 11.4 Å². The van der Waals surface area contributed by atoms with Crippen LogP contribution in [0.25, 0.3) is 0 Å². The molecule has 0 aromatic rings. The van der Waals surface area contributed by atoms with Crippen molar-refractivity contribution < 1.29 is 9.29 Å². The third kappa shape index (κ3) is 6.32. The molecule has 0 fully saturated rings. The molecule has 0 aromatic carbocycles. The predicted molar refractivity (Wildman–Crippen MR) is 57.0 cm³/mol. The lowest BCUT2D eigenvalue weighted by molar-refractivity contribution is 0.188. The van der Waals surface area contributed by atoms with Gasteiger partial charge >= 0.3 is 0 Å². The van der Waals surface area contributed by atoms with Gasteiger partial charge in [0.2, 0.25) is 0 Å². The van der Waals surface area contributed by atoms with E-state index < -0.39 is 11.4 Å². The highest BCUT2D eigenvalue weighted by Crippen LogP contribution is 2.14. The van der Waals surface area contributed by atoms with Gasteiger partial charge in [0.15, 0.2) is 0 Å². The average Bonchev–Trinajstić information content (AvgIpc) is 1.99. The molecule has 0 aromatic heterocycles. The molecule has 0 bridgehead atoms. The van der Waals surface area contributed by atoms with E-state index in [1.165, 1.54) is 0 Å². The zero-order chi connectivity index (χ0) is 10.5. The minimum atomic E-state index is -0.976. The maximum atomic E-state index is 11.6. The lowest BCUT2D eigenvalue weighted by Gasteiger charge is -2.26. The van der Waals surface area contributed by atoms with Gasteiger partial charge in [-0.05, 0) is 34.1 Å². The van der Waals surface area contributed by atoms with Crippen molar-refractivity contribution in [1.29, 1.82) is 0 Å². The molecule has 0 unspecified atom stereocenters. The summed E-state index contributed by atoms with van der Waals surface area (Å²) in [5.41, 5.74) is 0. The van der Waals surface area contributed by atoms with Crippen LogP contribution in [0, 0.1) is 0 Å². The molecule has 1 N–H and O–H groups in total. The second-order valence-electron chi connectivity index (χ2n) is 4.18. The summed E-state index contributed by atoms with van der Waals surface area (Å²) >= 11 is -0.976. The van der Waals surface area contributed by atoms with Crippen molar-refractivity contribution in [2.24, 2.45) is 0 Å². The predicted octanol–water partition coefficient (Wildman–Crippen LogP) is 1.46. The van der Waals surface area contributed by atoms with E-state index in [0.717, 1.165) is 6.42 Å². The number of ether oxygens (including phenoxy) is 1. The van der Waals surface area contributed by atoms with Crippen molar-refractivity contribution in [3.63, 3.8) is 0 Å². The fourth-order valence-electron chi connectivity index (χ4n) is 0.713. The molecule has 0 rings (SSSR count). The van der Waals surface area contributed by atoms with Crippen LogP contribution < -0.4 is 4.72 Å². The van der Waals surface area contributed by atoms with Crippen LogP contribution >= 0.6 is 0 Å². The van der Waals surface area contributed by atoms with Crippen molar-refractivity contribution in [2.45, 2.75) is 44.9 Å². The average molecular weight is 207 g/mol. The van der Waals surface area contributed by atoms with Gasteiger partial charge in [-0.25, -0.2) is 0 Å². The molecular weight excluding hydrogens is 186 g/mol. The van der Waals surface area contributed by atoms with Crippen molar-refractivity contribution in [1.82, 2.24) is 4.72 Å². The van der Waals surface area contributed by atoms with E-state index in [9.17, 15) is 4.55 Å². The molecule has 0 aliphatic carbocycles. The molecule has 0 aliphatic rings. The Hall–Kier alpha value is 0.230. The van der Waals surface area contributed by atoms with Gasteiger partial charge in [-0.1, -0.05) is 0 Å². The van der Waals surface area contributed by atoms with Gasteiger partial charge in [0.05, 0.1) is 6.04 Å². The normalized spacial score (nSPS) is 17.1. The first-order chi connectivity index (χ1) is 5.88. The van der Waals surface area contributed by atoms with Crippen LogP contribution in [0.4, 0.5) is 0 Å². The molecule has 0 spiro atoms. The van der Waals surface area contributed by atoms with Gasteiger partial charge in [-0.2, -0.15) is 0 Å². The summed E-state index contributed by atoms with van der Waals surface area (Å²) in [4.78, 5) is 0. The molecular formula is C9H21NO2S. The zero-order valence-electron chi connectivity index (χ0n) is 9.22. The number of hydrogen-bond donors (Lipinski definition) is 1. The molecule has 80 valence electrons. The Kier molecular flexibility index (Phi) is 5.96. The second kappa shape index (κ2) is 5.86. The van der Waals surface area contributed by atoms with Crippen molar-refractivity contribution in [3.05, 3.63) is 0 Å². The summed E-state index contributed by atoms with van der Waals surface area (Å²) in [5, 5.41) is 0. The number of nitrogens with one attached hydrogen (secondary N) is 1. The lowest BCUT2D eigenvalue weighted by Crippen LogP contribution is -2.43. The number of methoxy groups -OCH3 is 1. The summed E-state index contributed by atoms with van der Waals surface area (Å²) in [6, 6.07) is 0.236. The van der Waals surface area contributed by atoms with Crippen LogP contribution in [0.5, 0.6) is 0 Å². The molecule has 3 nitrogen and oxygen atoms in total. The Morgan fingerprint density at radius 3 is 2.38 bits per heavy atom. The van der Waals surface area contributed by atoms with Gasteiger partial charge < -0.3 is 9.29 Å². The second-order valence-corrected chi connectivity index (χ2v) is 6.18. The highest BCUT2D eigenvalue weighted by atomic mass is 32.2. The van der Waals surface area contributed by atoms with Crippen LogP contribution in [0.1, 0.15) is 34.1 Å². The fourth-order valence-corrected chi connectivity index (χ4v) is 1.55. The highest BCUT2D eigenvalue weighted by molar-refractivity contribution is 7.90. The van der Waals surface area contributed by atoms with E-state index in [1.807, 2.05) is 27.7 Å². The monoisotopic (exact) mass is 207 g/mol. The molecule has 0 aliphatic heterocycles. The molecule has 0 amide bonds. The van der Waals surface area contributed by atoms with Gasteiger partial charge in [0, 0.05) is 25.1 Å². The smallest absolute Gasteiger partial charge is 0.136 e. The third-order valence-corrected chi connectivity index (χ3v) is 3.35. The van der Waals surface area contributed by atoms with Crippen molar-refractivity contribution in [3.8, 4) is 0 Å². The van der Waals surface area contributed by atoms with Crippen molar-refractivity contribution in [2.75, 3.05) is 13.7 Å². The van der Waals surface area contributed by atoms with E-state index in [4.69, 9.17) is 4.74 Å². The van der Waals surface area contributed by atoms with E-state index in [2.05, 4.69) is 4.72 Å². The van der Waals surface area contributed by atoms with Crippen LogP contribution in [-0.2, 0) is 16.1 Å². The Balaban J connectivity index is 3.71. The summed E-state index contributed by atoms with van der Waals surface area (Å²) in [6.07, 6.45) is 0.887. The molecule has 13 heavy (non-hydrogen) atoms. The molecule has 2 atom stereocenters. The van der Waals surface area contributed by atoms with Gasteiger partial charge in [-0.3, -0.25) is 0 Å². The minimum Gasteiger partial charge on any atom is -0.598 e. The van der Waals surface area contributed by atoms with Crippen LogP contribution in [0.15, 0.2) is 0 Å². The van der Waals surface area contributed by atoms with E-state index in [0.29, 0.717) is 6.61 Å². The van der Waals surface area contributed by atoms with Gasteiger partial charge in [0.1, 0.15) is 4.75 Å². The molecule has 0 saturated carbocycles. The zero-order valence-corrected chi connectivity index (χ0v) is 10.0.